The molecule has 0 saturated heterocycles. The van der Waals surface area contributed by atoms with Gasteiger partial charge in [0.15, 0.2) is 0 Å². The Kier molecular flexibility index (Phi) is 5.93. The molecular weight excluding hydrogens is 444 g/mol. The third-order valence-electron chi connectivity index (χ3n) is 5.43. The molecule has 0 radical (unpaired) electrons. The van der Waals surface area contributed by atoms with Crippen LogP contribution in [0, 0.1) is 6.92 Å². The summed E-state index contributed by atoms with van der Waals surface area (Å²) in [5, 5.41) is 7.67. The number of carbonyl (C=O) groups is 1. The average Bonchev–Trinajstić information content (AvgIpc) is 2.86. The van der Waals surface area contributed by atoms with Crippen molar-refractivity contribution in [2.75, 3.05) is 10.6 Å². The van der Waals surface area contributed by atoms with Crippen LogP contribution in [0.2, 0.25) is 5.02 Å². The molecular formula is C28H21ClN4O. The lowest BCUT2D eigenvalue weighted by Gasteiger charge is -2.14. The van der Waals surface area contributed by atoms with E-state index in [1.807, 2.05) is 91.9 Å². The molecule has 2 N–H and O–H groups in total. The van der Waals surface area contributed by atoms with Crippen molar-refractivity contribution in [3.63, 3.8) is 0 Å². The quantitative estimate of drug-likeness (QED) is 0.287. The predicted octanol–water partition coefficient (Wildman–Crippen LogP) is 7.25. The maximum Gasteiger partial charge on any atom is 0.257 e. The van der Waals surface area contributed by atoms with Crippen LogP contribution in [0.4, 0.5) is 17.3 Å². The van der Waals surface area contributed by atoms with E-state index in [4.69, 9.17) is 16.6 Å². The van der Waals surface area contributed by atoms with Crippen LogP contribution in [0.25, 0.3) is 22.2 Å². The number of fused-ring (bicyclic) bond motifs is 1. The summed E-state index contributed by atoms with van der Waals surface area (Å²) in [5.41, 5.74) is 5.42. The molecule has 1 heterocycles. The molecule has 0 aliphatic heterocycles. The highest BCUT2D eigenvalue weighted by molar-refractivity contribution is 6.31. The van der Waals surface area contributed by atoms with Gasteiger partial charge >= 0.3 is 0 Å². The van der Waals surface area contributed by atoms with Crippen LogP contribution in [-0.2, 0) is 0 Å². The van der Waals surface area contributed by atoms with E-state index in [0.717, 1.165) is 33.4 Å². The lowest BCUT2D eigenvalue weighted by Crippen LogP contribution is -2.14. The van der Waals surface area contributed by atoms with Crippen LogP contribution >= 0.6 is 11.6 Å². The molecule has 0 unspecified atom stereocenters. The van der Waals surface area contributed by atoms with Crippen LogP contribution in [-0.4, -0.2) is 15.9 Å². The first-order valence-corrected chi connectivity index (χ1v) is 11.2. The smallest absolute Gasteiger partial charge is 0.257 e. The van der Waals surface area contributed by atoms with Crippen molar-refractivity contribution in [3.8, 4) is 11.3 Å². The second kappa shape index (κ2) is 9.33. The Morgan fingerprint density at radius 2 is 1.56 bits per heavy atom. The fourth-order valence-electron chi connectivity index (χ4n) is 3.72. The van der Waals surface area contributed by atoms with Gasteiger partial charge in [-0.25, -0.2) is 9.97 Å². The number of nitrogens with one attached hydrogen (secondary N) is 2. The fourth-order valence-corrected chi connectivity index (χ4v) is 3.89. The van der Waals surface area contributed by atoms with Gasteiger partial charge in [0, 0.05) is 21.7 Å². The van der Waals surface area contributed by atoms with Crippen molar-refractivity contribution < 1.29 is 4.79 Å². The van der Waals surface area contributed by atoms with Gasteiger partial charge in [-0.1, -0.05) is 71.8 Å². The van der Waals surface area contributed by atoms with Gasteiger partial charge in [0.05, 0.1) is 22.5 Å². The zero-order chi connectivity index (χ0) is 23.5. The Morgan fingerprint density at radius 3 is 2.35 bits per heavy atom. The minimum absolute atomic E-state index is 0.220. The van der Waals surface area contributed by atoms with Gasteiger partial charge in [-0.3, -0.25) is 4.79 Å². The van der Waals surface area contributed by atoms with Gasteiger partial charge in [-0.15, -0.1) is 0 Å². The number of hydrogen-bond acceptors (Lipinski definition) is 4. The zero-order valence-corrected chi connectivity index (χ0v) is 19.2. The third-order valence-corrected chi connectivity index (χ3v) is 5.67. The highest BCUT2D eigenvalue weighted by Gasteiger charge is 2.15. The molecule has 1 aromatic heterocycles. The number of para-hydroxylation sites is 1. The molecule has 0 aliphatic carbocycles. The summed E-state index contributed by atoms with van der Waals surface area (Å²) in [6.45, 7) is 2.01. The molecule has 0 saturated carbocycles. The van der Waals surface area contributed by atoms with Crippen molar-refractivity contribution in [1.29, 1.82) is 0 Å². The first-order valence-electron chi connectivity index (χ1n) is 10.8. The highest BCUT2D eigenvalue weighted by Crippen LogP contribution is 2.30. The Morgan fingerprint density at radius 1 is 0.824 bits per heavy atom. The molecule has 1 amide bonds. The normalized spacial score (nSPS) is 10.8. The first-order chi connectivity index (χ1) is 16.6. The second-order valence-electron chi connectivity index (χ2n) is 7.91. The van der Waals surface area contributed by atoms with E-state index >= 15 is 0 Å². The summed E-state index contributed by atoms with van der Waals surface area (Å²) < 4.78 is 0. The van der Waals surface area contributed by atoms with Gasteiger partial charge in [-0.05, 0) is 49.4 Å². The summed E-state index contributed by atoms with van der Waals surface area (Å²) in [7, 11) is 0. The van der Waals surface area contributed by atoms with E-state index in [0.29, 0.717) is 22.2 Å². The number of aromatic nitrogens is 2. The van der Waals surface area contributed by atoms with Crippen molar-refractivity contribution in [3.05, 3.63) is 113 Å². The monoisotopic (exact) mass is 464 g/mol. The van der Waals surface area contributed by atoms with Crippen LogP contribution in [0.5, 0.6) is 0 Å². The number of halogens is 1. The summed E-state index contributed by atoms with van der Waals surface area (Å²) in [6.07, 6.45) is 0. The average molecular weight is 465 g/mol. The van der Waals surface area contributed by atoms with Crippen LogP contribution in [0.3, 0.4) is 0 Å². The SMILES string of the molecule is Cc1ccc(NC(=O)c2ccccc2Nc2nc(-c3ccccc3)c3cc(Cl)ccc3n2)cc1. The van der Waals surface area contributed by atoms with Crippen LogP contribution in [0.15, 0.2) is 97.1 Å². The predicted molar refractivity (Wildman–Crippen MR) is 139 cm³/mol. The van der Waals surface area contributed by atoms with Crippen LogP contribution < -0.4 is 10.6 Å². The van der Waals surface area contributed by atoms with E-state index < -0.39 is 0 Å². The topological polar surface area (TPSA) is 66.9 Å². The van der Waals surface area contributed by atoms with Crippen LogP contribution in [0.1, 0.15) is 15.9 Å². The van der Waals surface area contributed by atoms with Crippen molar-refractivity contribution >= 4 is 45.7 Å². The molecule has 0 atom stereocenters. The zero-order valence-electron chi connectivity index (χ0n) is 18.4. The number of anilines is 3. The van der Waals surface area contributed by atoms with E-state index in [1.165, 1.54) is 0 Å². The molecule has 0 bridgehead atoms. The number of carbonyl (C=O) groups excluding carboxylic acids is 1. The fraction of sp³-hybridized carbons (Fsp3) is 0.0357. The Hall–Kier alpha value is -4.22. The van der Waals surface area contributed by atoms with Crippen molar-refractivity contribution in [2.24, 2.45) is 0 Å². The molecule has 4 aromatic carbocycles. The van der Waals surface area contributed by atoms with Crippen molar-refractivity contribution in [2.45, 2.75) is 6.92 Å². The second-order valence-corrected chi connectivity index (χ2v) is 8.35. The first kappa shape index (κ1) is 21.6. The molecule has 6 heteroatoms. The number of benzene rings is 4. The Balaban J connectivity index is 1.52. The maximum atomic E-state index is 13.0. The van der Waals surface area contributed by atoms with E-state index in [9.17, 15) is 4.79 Å². The molecule has 0 aliphatic rings. The molecule has 34 heavy (non-hydrogen) atoms. The number of nitrogens with zero attached hydrogens (tertiary/aromatic N) is 2. The largest absolute Gasteiger partial charge is 0.323 e. The number of rotatable bonds is 5. The number of hydrogen-bond donors (Lipinski definition) is 2. The summed E-state index contributed by atoms with van der Waals surface area (Å²) >= 11 is 6.26. The molecule has 0 fully saturated rings. The third kappa shape index (κ3) is 4.60. The number of amides is 1. The molecule has 0 spiro atoms. The maximum absolute atomic E-state index is 13.0. The van der Waals surface area contributed by atoms with Gasteiger partial charge in [-0.2, -0.15) is 0 Å². The minimum atomic E-state index is -0.220. The van der Waals surface area contributed by atoms with Gasteiger partial charge < -0.3 is 10.6 Å². The van der Waals surface area contributed by atoms with Gasteiger partial charge in [0.25, 0.3) is 5.91 Å². The Labute approximate surface area is 202 Å². The Bertz CT molecular complexity index is 1480. The summed E-state index contributed by atoms with van der Waals surface area (Å²) in [6, 6.07) is 30.4. The molecule has 166 valence electrons. The minimum Gasteiger partial charge on any atom is -0.323 e. The molecule has 5 nitrogen and oxygen atoms in total. The van der Waals surface area contributed by atoms with E-state index in [2.05, 4.69) is 15.6 Å². The van der Waals surface area contributed by atoms with Crippen molar-refractivity contribution in [1.82, 2.24) is 9.97 Å². The summed E-state index contributed by atoms with van der Waals surface area (Å²) in [5.74, 6) is 0.173. The van der Waals surface area contributed by atoms with Gasteiger partial charge in [0.1, 0.15) is 0 Å². The lowest BCUT2D eigenvalue weighted by atomic mass is 10.1. The van der Waals surface area contributed by atoms with E-state index in [-0.39, 0.29) is 5.91 Å². The lowest BCUT2D eigenvalue weighted by molar-refractivity contribution is 0.102. The highest BCUT2D eigenvalue weighted by atomic mass is 35.5. The summed E-state index contributed by atoms with van der Waals surface area (Å²) in [4.78, 5) is 22.5. The molecule has 5 aromatic rings. The van der Waals surface area contributed by atoms with Gasteiger partial charge in [0.2, 0.25) is 5.95 Å². The standard InChI is InChI=1S/C28H21ClN4O/c1-18-11-14-21(15-12-18)30-27(34)22-9-5-6-10-24(22)31-28-32-25-16-13-20(29)17-23(25)26(33-28)19-7-3-2-4-8-19/h2-17H,1H3,(H,30,34)(H,31,32,33). The molecule has 5 rings (SSSR count). The number of aryl methyl sites for hydroxylation is 1. The van der Waals surface area contributed by atoms with E-state index in [1.54, 1.807) is 12.1 Å².